The lowest BCUT2D eigenvalue weighted by Crippen LogP contribution is -2.61. The molecule has 0 spiro atoms. The number of hydrogen-bond acceptors (Lipinski definition) is 4. The molecule has 7 heteroatoms. The Morgan fingerprint density at radius 2 is 0.476 bits per heavy atom. The Bertz CT molecular complexity index is 8730. The van der Waals surface area contributed by atoms with Crippen LogP contribution in [0.15, 0.2) is 497 Å². The SMILES string of the molecule is [2H]c1c([2H])c(-n2c3ccccc3c3cc(N4c5ccccc5C(c5ccccc5)(c5ccccc5)c5ccccc54)ccc32)c([2H])c2c1B1c3c(cc(C(C)(C)C)cc3N(c3c(-c4ccccc4)cc(C(C)(C)C)cc3-c3ccccc3)c3c([2H])c(-n4c5ccccc5c5cc(N6c7ccccc7C(c7ccccc7)(c7ccccc7)c7ccccc76)ccc54)c([2H])c([2H])c31)N2c1c(-c2ccccc2)cc(C(C)(C)C)cc1-c1ccccc1. The van der Waals surface area contributed by atoms with E-state index >= 15 is 0 Å². The van der Waals surface area contributed by atoms with Crippen molar-refractivity contribution < 1.29 is 8.22 Å². The fourth-order valence-corrected chi connectivity index (χ4v) is 24.7. The maximum Gasteiger partial charge on any atom is 0.252 e. The lowest BCUT2D eigenvalue weighted by atomic mass is 9.33. The third-order valence-electron chi connectivity index (χ3n) is 31.4. The van der Waals surface area contributed by atoms with Gasteiger partial charge in [-0.2, -0.15) is 0 Å². The maximum atomic E-state index is 12.4. The molecule has 0 N–H and O–H groups in total. The topological polar surface area (TPSA) is 22.8 Å². The molecular weight excluding hydrogens is 1780 g/mol. The van der Waals surface area contributed by atoms with Crippen molar-refractivity contribution in [3.05, 3.63) is 558 Å². The van der Waals surface area contributed by atoms with E-state index in [1.165, 1.54) is 0 Å². The highest BCUT2D eigenvalue weighted by Crippen LogP contribution is 2.63. The molecule has 21 aromatic carbocycles. The van der Waals surface area contributed by atoms with Crippen LogP contribution in [0.5, 0.6) is 0 Å². The van der Waals surface area contributed by atoms with E-state index in [0.717, 1.165) is 195 Å². The van der Waals surface area contributed by atoms with Crippen molar-refractivity contribution in [1.29, 1.82) is 0 Å². The summed E-state index contributed by atoms with van der Waals surface area (Å²) in [5, 5.41) is 3.52. The fourth-order valence-electron chi connectivity index (χ4n) is 24.7. The highest BCUT2D eigenvalue weighted by molar-refractivity contribution is 7.00. The Kier molecular flexibility index (Phi) is 19.0. The van der Waals surface area contributed by atoms with Gasteiger partial charge in [0, 0.05) is 89.3 Å². The van der Waals surface area contributed by atoms with E-state index < -0.39 is 33.8 Å². The van der Waals surface area contributed by atoms with Crippen molar-refractivity contribution in [3.63, 3.8) is 0 Å². The Hall–Kier alpha value is -17.5. The number of hydrogen-bond donors (Lipinski definition) is 0. The molecule has 4 aliphatic heterocycles. The first-order chi connectivity index (χ1) is 74.4. The zero-order valence-corrected chi connectivity index (χ0v) is 83.6. The van der Waals surface area contributed by atoms with Gasteiger partial charge in [0.05, 0.1) is 75.2 Å². The molecule has 0 bridgehead atoms. The average molecular weight is 1890 g/mol. The molecule has 0 radical (unpaired) electrons. The monoisotopic (exact) mass is 1890 g/mol. The molecular formula is C140H109BN6. The van der Waals surface area contributed by atoms with Crippen LogP contribution in [-0.4, -0.2) is 15.8 Å². The third kappa shape index (κ3) is 13.8. The number of rotatable bonds is 14. The van der Waals surface area contributed by atoms with Crippen molar-refractivity contribution in [3.8, 4) is 55.9 Å². The molecule has 6 nitrogen and oxygen atoms in total. The lowest BCUT2D eigenvalue weighted by Gasteiger charge is -2.47. The smallest absolute Gasteiger partial charge is 0.252 e. The Morgan fingerprint density at radius 1 is 0.218 bits per heavy atom. The molecule has 2 aromatic heterocycles. The standard InChI is InChI=1S/C140H109BN6/c1-136(2,3)100-82-109(92-46-18-10-19-47-92)134(110(83-100)93-48-20-11-21-49-93)146-129-90-105(142-121-68-40-34-62-107(121)113-88-103(76-80-123(113)142)144-125-70-42-36-64-115(125)139(96-54-26-14-27-55-96,97-56-28-15-29-57-97)116-65-37-43-71-126(116)144)74-78-119(129)141-120-79-75-106(91-130(120)147(132-87-102(138(7,8)9)86-131(146)133(132)141)135-111(94-50-22-12-23-51-94)84-101(137(4,5)6)85-112(135)95-52-24-13-25-53-95)143-122-69-41-35-63-108(122)114-89-104(77-81-124(114)143)145-127-72-44-38-66-117(127)140(98-58-30-16-31-59-98,99-60-32-17-33-61-99)118-67-39-45-73-128(118)145/h10-91H,1-9H3/i74D,75D,78D,79D,90D,91D. The summed E-state index contributed by atoms with van der Waals surface area (Å²) in [6.45, 7) is 19.1. The number of fused-ring (bicyclic) bond motifs is 14. The zero-order valence-electron chi connectivity index (χ0n) is 89.6. The summed E-state index contributed by atoms with van der Waals surface area (Å²) in [6.07, 6.45) is 0. The van der Waals surface area contributed by atoms with Gasteiger partial charge in [-0.05, 0) is 249 Å². The Morgan fingerprint density at radius 3 is 0.776 bits per heavy atom. The maximum absolute atomic E-state index is 12.4. The average Bonchev–Trinajstić information content (AvgIpc) is 1.43. The first-order valence-electron chi connectivity index (χ1n) is 54.3. The van der Waals surface area contributed by atoms with Crippen LogP contribution in [0.4, 0.5) is 68.2 Å². The largest absolute Gasteiger partial charge is 0.310 e. The number of para-hydroxylation sites is 6. The molecule has 0 saturated heterocycles. The second-order valence-electron chi connectivity index (χ2n) is 42.9. The number of nitrogens with zero attached hydrogens (tertiary/aromatic N) is 6. The van der Waals surface area contributed by atoms with Gasteiger partial charge in [0.1, 0.15) is 0 Å². The van der Waals surface area contributed by atoms with E-state index in [4.69, 9.17) is 0 Å². The van der Waals surface area contributed by atoms with Gasteiger partial charge < -0.3 is 28.7 Å². The van der Waals surface area contributed by atoms with Crippen LogP contribution in [0.2, 0.25) is 0 Å². The van der Waals surface area contributed by atoms with Crippen molar-refractivity contribution in [1.82, 2.24) is 9.13 Å². The van der Waals surface area contributed by atoms with Crippen LogP contribution in [0.3, 0.4) is 0 Å². The van der Waals surface area contributed by atoms with Crippen molar-refractivity contribution in [2.75, 3.05) is 19.6 Å². The minimum absolute atomic E-state index is 0.0335. The van der Waals surface area contributed by atoms with Crippen LogP contribution in [0.25, 0.3) is 99.5 Å². The minimum atomic E-state index is -1.23. The summed E-state index contributed by atoms with van der Waals surface area (Å²) in [6, 6.07) is 164. The molecule has 6 heterocycles. The van der Waals surface area contributed by atoms with Crippen molar-refractivity contribution in [2.45, 2.75) is 89.4 Å². The van der Waals surface area contributed by atoms with E-state index in [1.807, 2.05) is 12.1 Å². The van der Waals surface area contributed by atoms with Crippen LogP contribution in [-0.2, 0) is 27.1 Å². The number of benzene rings is 21. The highest BCUT2D eigenvalue weighted by atomic mass is 15.2. The van der Waals surface area contributed by atoms with Crippen molar-refractivity contribution >= 4 is 135 Å². The van der Waals surface area contributed by atoms with Gasteiger partial charge >= 0.3 is 0 Å². The van der Waals surface area contributed by atoms with E-state index in [9.17, 15) is 8.22 Å². The lowest BCUT2D eigenvalue weighted by molar-refractivity contribution is 0.590. The highest BCUT2D eigenvalue weighted by Gasteiger charge is 2.51. The zero-order chi connectivity index (χ0) is 104. The van der Waals surface area contributed by atoms with Gasteiger partial charge in [-0.3, -0.25) is 0 Å². The third-order valence-corrected chi connectivity index (χ3v) is 31.4. The van der Waals surface area contributed by atoms with Gasteiger partial charge in [-0.25, -0.2) is 0 Å². The van der Waals surface area contributed by atoms with E-state index in [0.29, 0.717) is 39.1 Å². The molecule has 4 aliphatic rings. The summed E-state index contributed by atoms with van der Waals surface area (Å²) >= 11 is 0. The normalized spacial score (nSPS) is 14.4. The fraction of sp³-hybridized carbons (Fsp3) is 0.100. The molecule has 0 aliphatic carbocycles. The molecule has 0 saturated carbocycles. The molecule has 702 valence electrons. The quantitative estimate of drug-likeness (QED) is 0.101. The number of aromatic nitrogens is 2. The van der Waals surface area contributed by atoms with Crippen LogP contribution >= 0.6 is 0 Å². The van der Waals surface area contributed by atoms with Gasteiger partial charge in [-0.15, -0.1) is 0 Å². The summed E-state index contributed by atoms with van der Waals surface area (Å²) in [4.78, 5) is 9.42. The van der Waals surface area contributed by atoms with E-state index in [1.54, 1.807) is 0 Å². The first-order valence-corrected chi connectivity index (χ1v) is 51.3. The summed E-state index contributed by atoms with van der Waals surface area (Å²) in [5.41, 5.74) is 30.3. The predicted octanol–water partition coefficient (Wildman–Crippen LogP) is 34.9. The first kappa shape index (κ1) is 82.0. The molecule has 23 aromatic rings. The minimum Gasteiger partial charge on any atom is -0.310 e. The van der Waals surface area contributed by atoms with E-state index in [-0.39, 0.29) is 47.6 Å². The molecule has 0 atom stereocenters. The summed E-state index contributed by atoms with van der Waals surface area (Å²) < 4.78 is 76.3. The molecule has 147 heavy (non-hydrogen) atoms. The van der Waals surface area contributed by atoms with Gasteiger partial charge in [0.15, 0.2) is 0 Å². The van der Waals surface area contributed by atoms with Gasteiger partial charge in [-0.1, -0.05) is 426 Å². The van der Waals surface area contributed by atoms with Crippen LogP contribution < -0.4 is 36.0 Å². The molecule has 0 fully saturated rings. The van der Waals surface area contributed by atoms with E-state index in [2.05, 4.69) is 540 Å². The Balaban J connectivity index is 0.765. The van der Waals surface area contributed by atoms with Gasteiger partial charge in [0.2, 0.25) is 0 Å². The second-order valence-corrected chi connectivity index (χ2v) is 42.9. The molecule has 27 rings (SSSR count). The molecule has 0 amide bonds. The summed E-state index contributed by atoms with van der Waals surface area (Å²) in [7, 11) is 0. The van der Waals surface area contributed by atoms with Crippen LogP contribution in [0.1, 0.15) is 132 Å². The number of anilines is 12. The predicted molar refractivity (Wildman–Crippen MR) is 620 cm³/mol. The van der Waals surface area contributed by atoms with Crippen LogP contribution in [0, 0.1) is 0 Å². The van der Waals surface area contributed by atoms with Crippen molar-refractivity contribution in [2.24, 2.45) is 0 Å². The second kappa shape index (κ2) is 34.1. The van der Waals surface area contributed by atoms with Gasteiger partial charge in [0.25, 0.3) is 6.71 Å². The molecule has 0 unspecified atom stereocenters. The summed E-state index contributed by atoms with van der Waals surface area (Å²) in [5.74, 6) is 0. The Labute approximate surface area is 869 Å².